The normalized spacial score (nSPS) is 20.6. The molecular formula is C14H22. The topological polar surface area (TPSA) is 0 Å². The predicted octanol–water partition coefficient (Wildman–Crippen LogP) is 4.40. The minimum atomic E-state index is 0.793. The van der Waals surface area contributed by atoms with E-state index < -0.39 is 0 Å². The second-order valence-electron chi connectivity index (χ2n) is 4.44. The summed E-state index contributed by atoms with van der Waals surface area (Å²) in [5.41, 5.74) is 3.20. The van der Waals surface area contributed by atoms with Gasteiger partial charge in [0, 0.05) is 1.37 Å². The summed E-state index contributed by atoms with van der Waals surface area (Å²) in [6, 6.07) is 8.96. The molecule has 0 spiro atoms. The van der Waals surface area contributed by atoms with Crippen molar-refractivity contribution in [1.82, 2.24) is 0 Å². The van der Waals surface area contributed by atoms with Crippen molar-refractivity contribution in [3.8, 4) is 0 Å². The zero-order valence-electron chi connectivity index (χ0n) is 10.6. The van der Waals surface area contributed by atoms with E-state index in [0.29, 0.717) is 0 Å². The van der Waals surface area contributed by atoms with Gasteiger partial charge in [-0.05, 0) is 42.2 Å². The Morgan fingerprint density at radius 2 is 2.07 bits per heavy atom. The van der Waals surface area contributed by atoms with E-state index in [4.69, 9.17) is 1.37 Å². The van der Waals surface area contributed by atoms with Crippen LogP contribution in [0.3, 0.4) is 0 Å². The third kappa shape index (κ3) is 2.00. The van der Waals surface area contributed by atoms with Gasteiger partial charge in [-0.3, -0.25) is 0 Å². The van der Waals surface area contributed by atoms with Gasteiger partial charge in [0.2, 0.25) is 0 Å². The van der Waals surface area contributed by atoms with Crippen molar-refractivity contribution in [3.05, 3.63) is 35.4 Å². The zero-order chi connectivity index (χ0) is 11.3. The fourth-order valence-electron chi connectivity index (χ4n) is 2.48. The van der Waals surface area contributed by atoms with Gasteiger partial charge in [0.05, 0.1) is 0 Å². The Balaban J connectivity index is 0.000000531. The van der Waals surface area contributed by atoms with E-state index >= 15 is 0 Å². The third-order valence-electron chi connectivity index (χ3n) is 3.22. The SMILES string of the molecule is CC(C)C1CCCc2ccccc21.[3H]C. The minimum absolute atomic E-state index is 0.793. The molecule has 0 radical (unpaired) electrons. The fourth-order valence-corrected chi connectivity index (χ4v) is 2.48. The Hall–Kier alpha value is -0.780. The molecule has 0 heteroatoms. The first-order chi connectivity index (χ1) is 7.29. The lowest BCUT2D eigenvalue weighted by Crippen LogP contribution is -2.14. The summed E-state index contributed by atoms with van der Waals surface area (Å²) < 4.78 is 5.75. The average Bonchev–Trinajstić information content (AvgIpc) is 2.31. The van der Waals surface area contributed by atoms with E-state index in [-0.39, 0.29) is 0 Å². The maximum Gasteiger partial charge on any atom is 0.0194 e. The molecule has 1 atom stereocenters. The van der Waals surface area contributed by atoms with Crippen molar-refractivity contribution < 1.29 is 1.37 Å². The molecule has 1 aliphatic carbocycles. The van der Waals surface area contributed by atoms with E-state index in [1.54, 1.807) is 11.1 Å². The summed E-state index contributed by atoms with van der Waals surface area (Å²) in [5.74, 6) is 1.60. The molecule has 1 unspecified atom stereocenters. The van der Waals surface area contributed by atoms with Crippen LogP contribution in [-0.2, 0) is 6.42 Å². The van der Waals surface area contributed by atoms with E-state index in [9.17, 15) is 0 Å². The predicted molar refractivity (Wildman–Crippen MR) is 63.7 cm³/mol. The van der Waals surface area contributed by atoms with Crippen LogP contribution in [0.25, 0.3) is 0 Å². The number of fused-ring (bicyclic) bond motifs is 1. The van der Waals surface area contributed by atoms with Gasteiger partial charge in [-0.25, -0.2) is 0 Å². The molecule has 0 fully saturated rings. The highest BCUT2D eigenvalue weighted by atomic mass is 14.3. The molecule has 2 rings (SSSR count). The molecule has 1 aliphatic rings. The van der Waals surface area contributed by atoms with Crippen LogP contribution in [0.15, 0.2) is 24.3 Å². The summed E-state index contributed by atoms with van der Waals surface area (Å²) >= 11 is 0. The Kier molecular flexibility index (Phi) is 3.23. The van der Waals surface area contributed by atoms with Crippen molar-refractivity contribution in [2.45, 2.75) is 46.4 Å². The molecular weight excluding hydrogens is 168 g/mol. The van der Waals surface area contributed by atoms with Crippen LogP contribution in [0.4, 0.5) is 0 Å². The van der Waals surface area contributed by atoms with Crippen molar-refractivity contribution in [1.29, 1.82) is 0 Å². The van der Waals surface area contributed by atoms with E-state index in [1.807, 2.05) is 0 Å². The quantitative estimate of drug-likeness (QED) is 0.618. The van der Waals surface area contributed by atoms with Gasteiger partial charge in [0.1, 0.15) is 0 Å². The summed E-state index contributed by atoms with van der Waals surface area (Å²) in [6.45, 7) is 4.68. The lowest BCUT2D eigenvalue weighted by Gasteiger charge is -2.28. The molecule has 0 nitrogen and oxygen atoms in total. The summed E-state index contributed by atoms with van der Waals surface area (Å²) in [5, 5.41) is 0. The molecule has 0 saturated heterocycles. The lowest BCUT2D eigenvalue weighted by molar-refractivity contribution is 0.433. The first kappa shape index (κ1) is 9.76. The molecule has 14 heavy (non-hydrogen) atoms. The third-order valence-corrected chi connectivity index (χ3v) is 3.22. The molecule has 0 heterocycles. The van der Waals surface area contributed by atoms with Crippen molar-refractivity contribution in [3.63, 3.8) is 0 Å². The monoisotopic (exact) mass is 192 g/mol. The second-order valence-corrected chi connectivity index (χ2v) is 4.44. The molecule has 1 aromatic carbocycles. The van der Waals surface area contributed by atoms with Crippen LogP contribution in [0, 0.1) is 5.92 Å². The number of rotatable bonds is 1. The Morgan fingerprint density at radius 1 is 1.36 bits per heavy atom. The molecule has 0 aliphatic heterocycles. The number of hydrogen-bond acceptors (Lipinski definition) is 0. The maximum atomic E-state index is 5.75. The van der Waals surface area contributed by atoms with Crippen LogP contribution in [-0.4, -0.2) is 0 Å². The Morgan fingerprint density at radius 3 is 2.79 bits per heavy atom. The first-order valence-electron chi connectivity index (χ1n) is 6.37. The lowest BCUT2D eigenvalue weighted by atomic mass is 9.77. The van der Waals surface area contributed by atoms with E-state index in [2.05, 4.69) is 38.1 Å². The minimum Gasteiger partial charge on any atom is -0.0776 e. The van der Waals surface area contributed by atoms with Gasteiger partial charge >= 0.3 is 0 Å². The highest BCUT2D eigenvalue weighted by molar-refractivity contribution is 5.32. The first-order valence-corrected chi connectivity index (χ1v) is 5.37. The van der Waals surface area contributed by atoms with Crippen LogP contribution in [0.5, 0.6) is 0 Å². The Bertz CT molecular complexity index is 291. The number of aryl methyl sites for hydroxylation is 1. The summed E-state index contributed by atoms with van der Waals surface area (Å²) in [4.78, 5) is 0. The molecule has 0 aromatic heterocycles. The Labute approximate surface area is 89.8 Å². The van der Waals surface area contributed by atoms with Gasteiger partial charge in [-0.1, -0.05) is 45.5 Å². The molecule has 0 N–H and O–H groups in total. The van der Waals surface area contributed by atoms with Crippen molar-refractivity contribution in [2.24, 2.45) is 5.92 Å². The highest BCUT2D eigenvalue weighted by Crippen LogP contribution is 2.36. The van der Waals surface area contributed by atoms with Crippen molar-refractivity contribution >= 4 is 0 Å². The van der Waals surface area contributed by atoms with Gasteiger partial charge in [-0.15, -0.1) is 0 Å². The van der Waals surface area contributed by atoms with Crippen LogP contribution in [0.1, 0.15) is 52.5 Å². The summed E-state index contributed by atoms with van der Waals surface area (Å²) in [6.07, 6.45) is 4.05. The van der Waals surface area contributed by atoms with E-state index in [0.717, 1.165) is 11.8 Å². The largest absolute Gasteiger partial charge is 0.0776 e. The second kappa shape index (κ2) is 4.63. The van der Waals surface area contributed by atoms with Crippen LogP contribution < -0.4 is 0 Å². The van der Waals surface area contributed by atoms with Crippen molar-refractivity contribution in [2.75, 3.05) is 0 Å². The maximum absolute atomic E-state index is 5.75. The standard InChI is InChI=1S/C13H18.CH4/c1-10(2)12-9-5-7-11-6-3-4-8-13(11)12;/h3-4,6,8,10,12H,5,7,9H2,1-2H3;1H4/i;1T. The molecule has 1 aromatic rings. The molecule has 0 amide bonds. The smallest absolute Gasteiger partial charge is 0.0194 e. The molecule has 0 bridgehead atoms. The molecule has 0 saturated carbocycles. The average molecular weight is 192 g/mol. The van der Waals surface area contributed by atoms with Crippen LogP contribution >= 0.6 is 0 Å². The van der Waals surface area contributed by atoms with Crippen LogP contribution in [0.2, 0.25) is 0 Å². The van der Waals surface area contributed by atoms with Gasteiger partial charge in [0.25, 0.3) is 0 Å². The zero-order valence-corrected chi connectivity index (χ0v) is 9.59. The van der Waals surface area contributed by atoms with Gasteiger partial charge in [0.15, 0.2) is 0 Å². The fraction of sp³-hybridized carbons (Fsp3) is 0.571. The summed E-state index contributed by atoms with van der Waals surface area (Å²) in [7, 11) is 1.25. The van der Waals surface area contributed by atoms with Gasteiger partial charge < -0.3 is 0 Å². The van der Waals surface area contributed by atoms with E-state index in [1.165, 1.54) is 26.7 Å². The number of hydrogen-bond donors (Lipinski definition) is 0. The van der Waals surface area contributed by atoms with Gasteiger partial charge in [-0.2, -0.15) is 0 Å². The highest BCUT2D eigenvalue weighted by Gasteiger charge is 2.21. The molecule has 78 valence electrons. The number of benzene rings is 1.